The molecule has 0 atom stereocenters. The lowest BCUT2D eigenvalue weighted by Gasteiger charge is -2.59. The molecule has 5 rings (SSSR count). The highest BCUT2D eigenvalue weighted by molar-refractivity contribution is 5.95. The average Bonchev–Trinajstić information content (AvgIpc) is 3.03. The molecule has 2 aromatic carbocycles. The number of aryl methyl sites for hydroxylation is 2. The van der Waals surface area contributed by atoms with E-state index >= 15 is 0 Å². The molecular weight excluding hydrogens is 381 g/mol. The molecule has 1 amide bonds. The summed E-state index contributed by atoms with van der Waals surface area (Å²) in [7, 11) is 0. The summed E-state index contributed by atoms with van der Waals surface area (Å²) in [5.41, 5.74) is 5.04. The fraction of sp³-hybridized carbons (Fsp3) is 0.333. The smallest absolute Gasteiger partial charge is 0.254 e. The van der Waals surface area contributed by atoms with Gasteiger partial charge in [0.1, 0.15) is 0 Å². The van der Waals surface area contributed by atoms with Gasteiger partial charge in [-0.05, 0) is 62.6 Å². The van der Waals surface area contributed by atoms with Gasteiger partial charge in [-0.3, -0.25) is 4.79 Å². The van der Waals surface area contributed by atoms with Gasteiger partial charge in [0, 0.05) is 35.7 Å². The zero-order valence-corrected chi connectivity index (χ0v) is 17.1. The standard InChI is InChI=1S/C24H24FN3O2/c1-15-5-3-4-6-20(15)28-21(9-16(2)26-28)18-11-24(12-18)13-27(14-24)23(30)17-7-8-19(25)22(29)10-17/h3-10,18,29H,11-14H2,1-2H3. The van der Waals surface area contributed by atoms with Crippen molar-refractivity contribution in [3.8, 4) is 11.4 Å². The van der Waals surface area contributed by atoms with Crippen molar-refractivity contribution in [1.29, 1.82) is 0 Å². The van der Waals surface area contributed by atoms with Gasteiger partial charge in [-0.2, -0.15) is 5.10 Å². The summed E-state index contributed by atoms with van der Waals surface area (Å²) in [6, 6.07) is 14.2. The van der Waals surface area contributed by atoms with E-state index < -0.39 is 11.6 Å². The third kappa shape index (κ3) is 2.98. The van der Waals surface area contributed by atoms with E-state index in [1.807, 2.05) is 19.1 Å². The number of phenols is 1. The van der Waals surface area contributed by atoms with Crippen LogP contribution in [0.4, 0.5) is 4.39 Å². The molecule has 3 aromatic rings. The van der Waals surface area contributed by atoms with E-state index in [4.69, 9.17) is 5.10 Å². The van der Waals surface area contributed by atoms with Gasteiger partial charge in [-0.15, -0.1) is 0 Å². The van der Waals surface area contributed by atoms with Crippen molar-refractivity contribution in [3.63, 3.8) is 0 Å². The van der Waals surface area contributed by atoms with Crippen molar-refractivity contribution >= 4 is 5.91 Å². The Morgan fingerprint density at radius 2 is 1.87 bits per heavy atom. The Balaban J connectivity index is 1.28. The number of aromatic nitrogens is 2. The SMILES string of the molecule is Cc1cc(C2CC3(C2)CN(C(=O)c2ccc(F)c(O)c2)C3)n(-c2ccccc2C)n1. The van der Waals surface area contributed by atoms with Crippen molar-refractivity contribution in [2.24, 2.45) is 5.41 Å². The van der Waals surface area contributed by atoms with Crippen molar-refractivity contribution in [2.75, 3.05) is 13.1 Å². The molecule has 5 nitrogen and oxygen atoms in total. The van der Waals surface area contributed by atoms with Crippen molar-refractivity contribution in [3.05, 3.63) is 76.9 Å². The number of aromatic hydroxyl groups is 1. The molecule has 30 heavy (non-hydrogen) atoms. The molecule has 154 valence electrons. The van der Waals surface area contributed by atoms with Crippen molar-refractivity contribution in [1.82, 2.24) is 14.7 Å². The van der Waals surface area contributed by atoms with Gasteiger partial charge in [0.25, 0.3) is 5.91 Å². The van der Waals surface area contributed by atoms with E-state index in [1.54, 1.807) is 4.90 Å². The fourth-order valence-electron chi connectivity index (χ4n) is 4.99. The molecular formula is C24H24FN3O2. The van der Waals surface area contributed by atoms with Crippen LogP contribution in [-0.4, -0.2) is 38.8 Å². The van der Waals surface area contributed by atoms with Crippen LogP contribution in [0.1, 0.15) is 46.1 Å². The van der Waals surface area contributed by atoms with E-state index in [-0.39, 0.29) is 11.3 Å². The highest BCUT2D eigenvalue weighted by Crippen LogP contribution is 2.56. The number of hydrogen-bond donors (Lipinski definition) is 1. The Bertz CT molecular complexity index is 1140. The number of phenolic OH excluding ortho intramolecular Hbond substituents is 1. The van der Waals surface area contributed by atoms with Gasteiger partial charge in [-0.25, -0.2) is 9.07 Å². The lowest BCUT2D eigenvalue weighted by atomic mass is 9.57. The number of benzene rings is 2. The van der Waals surface area contributed by atoms with Crippen LogP contribution in [0.2, 0.25) is 0 Å². The fourth-order valence-corrected chi connectivity index (χ4v) is 4.99. The van der Waals surface area contributed by atoms with Crippen LogP contribution in [-0.2, 0) is 0 Å². The Kier molecular flexibility index (Phi) is 4.20. The Labute approximate surface area is 174 Å². The first-order valence-corrected chi connectivity index (χ1v) is 10.3. The minimum absolute atomic E-state index is 0.153. The highest BCUT2D eigenvalue weighted by Gasteiger charge is 2.54. The molecule has 1 spiro atoms. The molecule has 1 aliphatic carbocycles. The van der Waals surface area contributed by atoms with Gasteiger partial charge in [0.15, 0.2) is 11.6 Å². The molecule has 0 bridgehead atoms. The number of amides is 1. The predicted molar refractivity (Wildman–Crippen MR) is 111 cm³/mol. The number of para-hydroxylation sites is 1. The van der Waals surface area contributed by atoms with E-state index in [0.717, 1.165) is 30.3 Å². The Morgan fingerprint density at radius 1 is 1.13 bits per heavy atom. The van der Waals surface area contributed by atoms with Crippen LogP contribution >= 0.6 is 0 Å². The normalized spacial score (nSPS) is 17.6. The van der Waals surface area contributed by atoms with Crippen LogP contribution in [0.3, 0.4) is 0 Å². The van der Waals surface area contributed by atoms with E-state index in [9.17, 15) is 14.3 Å². The molecule has 6 heteroatoms. The van der Waals surface area contributed by atoms with E-state index in [1.165, 1.54) is 23.4 Å². The molecule has 1 saturated carbocycles. The maximum absolute atomic E-state index is 13.3. The largest absolute Gasteiger partial charge is 0.505 e. The quantitative estimate of drug-likeness (QED) is 0.705. The zero-order chi connectivity index (χ0) is 21.0. The maximum Gasteiger partial charge on any atom is 0.254 e. The Morgan fingerprint density at radius 3 is 2.57 bits per heavy atom. The number of carbonyl (C=O) groups is 1. The molecule has 1 aliphatic heterocycles. The van der Waals surface area contributed by atoms with Gasteiger partial charge < -0.3 is 10.0 Å². The number of halogens is 1. The van der Waals surface area contributed by atoms with Gasteiger partial charge >= 0.3 is 0 Å². The summed E-state index contributed by atoms with van der Waals surface area (Å²) in [5, 5.41) is 14.3. The lowest BCUT2D eigenvalue weighted by Crippen LogP contribution is -2.63. The highest BCUT2D eigenvalue weighted by atomic mass is 19.1. The minimum atomic E-state index is -0.714. The zero-order valence-electron chi connectivity index (χ0n) is 17.1. The van der Waals surface area contributed by atoms with Crippen molar-refractivity contribution < 1.29 is 14.3 Å². The second kappa shape index (κ2) is 6.69. The molecule has 1 aromatic heterocycles. The van der Waals surface area contributed by atoms with Gasteiger partial charge in [0.05, 0.1) is 11.4 Å². The number of carbonyl (C=O) groups excluding carboxylic acids is 1. The second-order valence-corrected chi connectivity index (χ2v) is 8.84. The van der Waals surface area contributed by atoms with Crippen molar-refractivity contribution in [2.45, 2.75) is 32.6 Å². The average molecular weight is 405 g/mol. The third-order valence-electron chi connectivity index (χ3n) is 6.51. The first kappa shape index (κ1) is 18.9. The number of hydrogen-bond acceptors (Lipinski definition) is 3. The summed E-state index contributed by atoms with van der Waals surface area (Å²) in [6.07, 6.45) is 2.06. The van der Waals surface area contributed by atoms with Crippen LogP contribution in [0.25, 0.3) is 5.69 Å². The molecule has 1 N–H and O–H groups in total. The summed E-state index contributed by atoms with van der Waals surface area (Å²) >= 11 is 0. The number of rotatable bonds is 3. The van der Waals surface area contributed by atoms with Gasteiger partial charge in [-0.1, -0.05) is 18.2 Å². The first-order chi connectivity index (χ1) is 14.3. The van der Waals surface area contributed by atoms with Crippen LogP contribution in [0.15, 0.2) is 48.5 Å². The molecule has 0 unspecified atom stereocenters. The Hall–Kier alpha value is -3.15. The molecule has 2 aliphatic rings. The summed E-state index contributed by atoms with van der Waals surface area (Å²) in [5.74, 6) is -0.924. The maximum atomic E-state index is 13.3. The van der Waals surface area contributed by atoms with Crippen LogP contribution in [0, 0.1) is 25.1 Å². The molecule has 1 saturated heterocycles. The van der Waals surface area contributed by atoms with Gasteiger partial charge in [0.2, 0.25) is 0 Å². The lowest BCUT2D eigenvalue weighted by molar-refractivity contribution is -0.0565. The minimum Gasteiger partial charge on any atom is -0.505 e. The summed E-state index contributed by atoms with van der Waals surface area (Å²) < 4.78 is 15.3. The predicted octanol–water partition coefficient (Wildman–Crippen LogP) is 4.35. The van der Waals surface area contributed by atoms with E-state index in [0.29, 0.717) is 24.6 Å². The summed E-state index contributed by atoms with van der Waals surface area (Å²) in [6.45, 7) is 5.53. The summed E-state index contributed by atoms with van der Waals surface area (Å²) in [4.78, 5) is 14.4. The van der Waals surface area contributed by atoms with Crippen LogP contribution in [0.5, 0.6) is 5.75 Å². The molecule has 2 fully saturated rings. The number of likely N-dealkylation sites (tertiary alicyclic amines) is 1. The number of nitrogens with zero attached hydrogens (tertiary/aromatic N) is 3. The third-order valence-corrected chi connectivity index (χ3v) is 6.51. The van der Waals surface area contributed by atoms with E-state index in [2.05, 4.69) is 29.8 Å². The second-order valence-electron chi connectivity index (χ2n) is 8.84. The van der Waals surface area contributed by atoms with Crippen LogP contribution < -0.4 is 0 Å². The monoisotopic (exact) mass is 405 g/mol. The topological polar surface area (TPSA) is 58.4 Å². The molecule has 0 radical (unpaired) electrons. The first-order valence-electron chi connectivity index (χ1n) is 10.3. The molecule has 2 heterocycles.